The van der Waals surface area contributed by atoms with Crippen LogP contribution in [0.5, 0.6) is 5.75 Å². The Morgan fingerprint density at radius 2 is 1.92 bits per heavy atom. The van der Waals surface area contributed by atoms with Crippen LogP contribution in [0.1, 0.15) is 24.1 Å². The van der Waals surface area contributed by atoms with Gasteiger partial charge in [0.25, 0.3) is 0 Å². The number of fused-ring (bicyclic) bond motifs is 1. The minimum atomic E-state index is -0.0463. The third-order valence-corrected chi connectivity index (χ3v) is 7.46. The number of nitrogens with zero attached hydrogens (tertiary/aromatic N) is 4. The van der Waals surface area contributed by atoms with Gasteiger partial charge in [0.05, 0.1) is 30.0 Å². The fourth-order valence-corrected chi connectivity index (χ4v) is 5.50. The lowest BCUT2D eigenvalue weighted by molar-refractivity contribution is -0.137. The number of thiophene rings is 1. The first-order valence-corrected chi connectivity index (χ1v) is 12.9. The van der Waals surface area contributed by atoms with Crippen molar-refractivity contribution in [3.05, 3.63) is 41.3 Å². The quantitative estimate of drug-likeness (QED) is 0.422. The van der Waals surface area contributed by atoms with Gasteiger partial charge in [-0.3, -0.25) is 9.59 Å². The predicted molar refractivity (Wildman–Crippen MR) is 138 cm³/mol. The van der Waals surface area contributed by atoms with Crippen molar-refractivity contribution < 1.29 is 24.2 Å². The van der Waals surface area contributed by atoms with E-state index in [-0.39, 0.29) is 11.7 Å². The molecule has 5 heterocycles. The van der Waals surface area contributed by atoms with Crippen molar-refractivity contribution in [1.82, 2.24) is 14.9 Å². The Morgan fingerprint density at radius 1 is 1.06 bits per heavy atom. The number of esters is 1. The van der Waals surface area contributed by atoms with E-state index in [2.05, 4.69) is 21.8 Å². The fraction of sp³-hybridized carbons (Fsp3) is 0.385. The summed E-state index contributed by atoms with van der Waals surface area (Å²) in [5.41, 5.74) is 2.95. The summed E-state index contributed by atoms with van der Waals surface area (Å²) in [5.74, 6) is 1.68. The van der Waals surface area contributed by atoms with Crippen LogP contribution in [0.25, 0.3) is 27.2 Å². The van der Waals surface area contributed by atoms with Gasteiger partial charge < -0.3 is 24.4 Å². The summed E-state index contributed by atoms with van der Waals surface area (Å²) in [5, 5.41) is 9.91. The largest absolute Gasteiger partial charge is 0.508 e. The molecule has 0 radical (unpaired) electrons. The number of morpholine rings is 1. The molecule has 0 aliphatic carbocycles. The van der Waals surface area contributed by atoms with Crippen LogP contribution in [0, 0.1) is 0 Å². The molecule has 6 rings (SSSR count). The second kappa shape index (κ2) is 11.0. The lowest BCUT2D eigenvalue weighted by Gasteiger charge is -2.28. The molecule has 2 aromatic heterocycles. The molecule has 1 aromatic carbocycles. The first kappa shape index (κ1) is 24.2. The molecule has 0 atom stereocenters. The first-order chi connectivity index (χ1) is 17.6. The van der Waals surface area contributed by atoms with Gasteiger partial charge in [-0.25, -0.2) is 9.97 Å². The normalized spacial score (nSPS) is 17.9. The van der Waals surface area contributed by atoms with Crippen molar-refractivity contribution >= 4 is 45.3 Å². The van der Waals surface area contributed by atoms with Gasteiger partial charge in [0.15, 0.2) is 11.6 Å². The van der Waals surface area contributed by atoms with Gasteiger partial charge in [-0.2, -0.15) is 0 Å². The highest BCUT2D eigenvalue weighted by Crippen LogP contribution is 2.38. The maximum absolute atomic E-state index is 11.0. The number of ether oxygens (including phenoxy) is 2. The zero-order chi connectivity index (χ0) is 24.9. The second-order valence-electron chi connectivity index (χ2n) is 8.75. The number of aromatic nitrogens is 2. The predicted octanol–water partition coefficient (Wildman–Crippen LogP) is 3.47. The number of benzene rings is 1. The van der Waals surface area contributed by atoms with E-state index < -0.39 is 0 Å². The minimum Gasteiger partial charge on any atom is -0.508 e. The number of rotatable bonds is 4. The minimum absolute atomic E-state index is 0.0463. The highest BCUT2D eigenvalue weighted by atomic mass is 32.1. The van der Waals surface area contributed by atoms with Crippen molar-refractivity contribution in [3.63, 3.8) is 0 Å². The SMILES string of the molecule is O=C1CCCO1.O=CN1CC=C(c2cc3nc(-c4cccc(O)c4)nc(N4CCOCC4)c3s2)CC1. The average Bonchev–Trinajstić information content (AvgIpc) is 3.58. The number of anilines is 1. The third-order valence-electron chi connectivity index (χ3n) is 6.26. The molecule has 188 valence electrons. The van der Waals surface area contributed by atoms with Crippen LogP contribution in [0.2, 0.25) is 0 Å². The van der Waals surface area contributed by atoms with Crippen LogP contribution in [-0.4, -0.2) is 78.4 Å². The molecule has 2 saturated heterocycles. The molecular formula is C26H28N4O5S. The average molecular weight is 509 g/mol. The van der Waals surface area contributed by atoms with Crippen LogP contribution in [0.15, 0.2) is 36.4 Å². The summed E-state index contributed by atoms with van der Waals surface area (Å²) in [6, 6.07) is 9.17. The maximum atomic E-state index is 11.0. The van der Waals surface area contributed by atoms with E-state index in [1.807, 2.05) is 6.07 Å². The number of hydrogen-bond donors (Lipinski definition) is 1. The van der Waals surface area contributed by atoms with Gasteiger partial charge in [0.2, 0.25) is 6.41 Å². The van der Waals surface area contributed by atoms with Crippen molar-refractivity contribution in [2.45, 2.75) is 19.3 Å². The molecule has 10 heteroatoms. The van der Waals surface area contributed by atoms with Crippen molar-refractivity contribution in [2.75, 3.05) is 50.9 Å². The molecule has 9 nitrogen and oxygen atoms in total. The first-order valence-electron chi connectivity index (χ1n) is 12.1. The lowest BCUT2D eigenvalue weighted by atomic mass is 10.1. The van der Waals surface area contributed by atoms with Crippen LogP contribution in [0.3, 0.4) is 0 Å². The molecule has 3 aliphatic heterocycles. The van der Waals surface area contributed by atoms with Crippen LogP contribution >= 0.6 is 11.3 Å². The Labute approximate surface area is 213 Å². The van der Waals surface area contributed by atoms with Gasteiger partial charge in [-0.15, -0.1) is 11.3 Å². The zero-order valence-electron chi connectivity index (χ0n) is 19.9. The van der Waals surface area contributed by atoms with Gasteiger partial charge in [0, 0.05) is 43.0 Å². The van der Waals surface area contributed by atoms with Crippen molar-refractivity contribution in [3.8, 4) is 17.1 Å². The lowest BCUT2D eigenvalue weighted by Crippen LogP contribution is -2.36. The molecule has 0 spiro atoms. The molecule has 1 N–H and O–H groups in total. The van der Waals surface area contributed by atoms with E-state index in [4.69, 9.17) is 14.7 Å². The van der Waals surface area contributed by atoms with Crippen LogP contribution < -0.4 is 4.90 Å². The van der Waals surface area contributed by atoms with E-state index in [9.17, 15) is 14.7 Å². The van der Waals surface area contributed by atoms with Crippen molar-refractivity contribution in [1.29, 1.82) is 0 Å². The monoisotopic (exact) mass is 508 g/mol. The molecule has 0 unspecified atom stereocenters. The molecule has 2 fully saturated rings. The fourth-order valence-electron chi connectivity index (χ4n) is 4.32. The summed E-state index contributed by atoms with van der Waals surface area (Å²) >= 11 is 1.71. The van der Waals surface area contributed by atoms with E-state index in [1.54, 1.807) is 34.4 Å². The Morgan fingerprint density at radius 3 is 2.56 bits per heavy atom. The van der Waals surface area contributed by atoms with E-state index in [1.165, 1.54) is 10.5 Å². The maximum Gasteiger partial charge on any atom is 0.305 e. The molecular weight excluding hydrogens is 480 g/mol. The highest BCUT2D eigenvalue weighted by molar-refractivity contribution is 7.20. The smallest absolute Gasteiger partial charge is 0.305 e. The van der Waals surface area contributed by atoms with Gasteiger partial charge in [-0.05, 0) is 36.6 Å². The summed E-state index contributed by atoms with van der Waals surface area (Å²) in [6.07, 6.45) is 5.41. The zero-order valence-corrected chi connectivity index (χ0v) is 20.7. The third kappa shape index (κ3) is 5.50. The van der Waals surface area contributed by atoms with E-state index >= 15 is 0 Å². The van der Waals surface area contributed by atoms with Gasteiger partial charge >= 0.3 is 5.97 Å². The van der Waals surface area contributed by atoms with Crippen LogP contribution in [0.4, 0.5) is 5.82 Å². The molecule has 0 bridgehead atoms. The molecule has 3 aliphatic rings. The number of amides is 1. The number of hydrogen-bond acceptors (Lipinski definition) is 9. The summed E-state index contributed by atoms with van der Waals surface area (Å²) in [6.45, 7) is 4.95. The number of phenols is 1. The number of carbonyl (C=O) groups is 2. The summed E-state index contributed by atoms with van der Waals surface area (Å²) < 4.78 is 11.1. The Hall–Kier alpha value is -3.50. The van der Waals surface area contributed by atoms with Gasteiger partial charge in [0.1, 0.15) is 5.75 Å². The number of phenolic OH excluding ortho intramolecular Hbond substituents is 1. The van der Waals surface area contributed by atoms with E-state index in [0.29, 0.717) is 38.6 Å². The summed E-state index contributed by atoms with van der Waals surface area (Å²) in [4.78, 5) is 36.0. The molecule has 3 aromatic rings. The second-order valence-corrected chi connectivity index (χ2v) is 9.80. The molecule has 1 amide bonds. The Kier molecular flexibility index (Phi) is 7.43. The van der Waals surface area contributed by atoms with Crippen molar-refractivity contribution in [2.24, 2.45) is 0 Å². The Bertz CT molecular complexity index is 1280. The summed E-state index contributed by atoms with van der Waals surface area (Å²) in [7, 11) is 0. The topological polar surface area (TPSA) is 105 Å². The molecule has 0 saturated carbocycles. The number of carbonyl (C=O) groups excluding carboxylic acids is 2. The number of aromatic hydroxyl groups is 1. The number of cyclic esters (lactones) is 1. The Balaban J connectivity index is 0.000000391. The van der Waals surface area contributed by atoms with Crippen LogP contribution in [-0.2, 0) is 19.1 Å². The molecule has 36 heavy (non-hydrogen) atoms. The van der Waals surface area contributed by atoms with E-state index in [0.717, 1.165) is 60.5 Å². The standard InChI is InChI=1S/C22H22N4O3S.C4H6O2/c27-14-25-6-4-15(5-7-25)19-13-18-20(30-19)22(26-8-10-29-11-9-26)24-21(23-18)16-2-1-3-17(28)12-16;5-4-2-1-3-6-4/h1-4,12-14,28H,5-11H2;1-3H2. The highest BCUT2D eigenvalue weighted by Gasteiger charge is 2.22. The van der Waals surface area contributed by atoms with Gasteiger partial charge in [-0.1, -0.05) is 18.2 Å².